The SMILES string of the molecule is CC(C)(C)OC(=O)CCC(=O)N1CCC(C[C@H](NC(=O)OCC2c3ccccc3-c3ccccc32)C(=O)O)CC1. The first-order valence-corrected chi connectivity index (χ1v) is 13.9. The van der Waals surface area contributed by atoms with Crippen molar-refractivity contribution in [1.82, 2.24) is 10.2 Å². The summed E-state index contributed by atoms with van der Waals surface area (Å²) in [6.45, 7) is 6.42. The third-order valence-corrected chi connectivity index (χ3v) is 7.43. The summed E-state index contributed by atoms with van der Waals surface area (Å²) in [7, 11) is 0. The summed E-state index contributed by atoms with van der Waals surface area (Å²) < 4.78 is 10.8. The van der Waals surface area contributed by atoms with E-state index in [1.165, 1.54) is 0 Å². The molecule has 2 N–H and O–H groups in total. The standard InChI is InChI=1S/C31H38N2O7/c1-31(2,3)40-28(35)13-12-27(34)33-16-14-20(15-17-33)18-26(29(36)37)32-30(38)39-19-25-23-10-6-4-8-21(23)22-9-5-7-11-24(22)25/h4-11,20,25-26H,12-19H2,1-3H3,(H,32,38)(H,36,37)/t26-/m0/s1. The molecule has 0 unspecified atom stereocenters. The van der Waals surface area contributed by atoms with Crippen molar-refractivity contribution in [2.24, 2.45) is 5.92 Å². The molecule has 9 heteroatoms. The van der Waals surface area contributed by atoms with Crippen molar-refractivity contribution < 1.29 is 33.8 Å². The van der Waals surface area contributed by atoms with Gasteiger partial charge in [-0.2, -0.15) is 0 Å². The molecule has 2 aromatic carbocycles. The van der Waals surface area contributed by atoms with Gasteiger partial charge in [0.1, 0.15) is 18.2 Å². The van der Waals surface area contributed by atoms with Crippen LogP contribution in [0, 0.1) is 5.92 Å². The number of likely N-dealkylation sites (tertiary alicyclic amines) is 1. The van der Waals surface area contributed by atoms with Crippen molar-refractivity contribution >= 4 is 23.9 Å². The van der Waals surface area contributed by atoms with E-state index in [1.807, 2.05) is 36.4 Å². The summed E-state index contributed by atoms with van der Waals surface area (Å²) in [6.07, 6.45) is 0.841. The number of rotatable bonds is 9. The zero-order valence-electron chi connectivity index (χ0n) is 23.4. The molecule has 214 valence electrons. The minimum atomic E-state index is -1.12. The first-order chi connectivity index (χ1) is 19.0. The largest absolute Gasteiger partial charge is 0.480 e. The number of ether oxygens (including phenoxy) is 2. The van der Waals surface area contributed by atoms with Crippen molar-refractivity contribution in [1.29, 1.82) is 0 Å². The number of esters is 1. The minimum absolute atomic E-state index is 0.0289. The Morgan fingerprint density at radius 3 is 2.08 bits per heavy atom. The second kappa shape index (κ2) is 12.5. The van der Waals surface area contributed by atoms with Gasteiger partial charge in [0.25, 0.3) is 0 Å². The van der Waals surface area contributed by atoms with Crippen LogP contribution < -0.4 is 5.32 Å². The zero-order chi connectivity index (χ0) is 28.9. The zero-order valence-corrected chi connectivity index (χ0v) is 23.4. The van der Waals surface area contributed by atoms with Crippen molar-refractivity contribution in [3.05, 3.63) is 59.7 Å². The monoisotopic (exact) mass is 550 g/mol. The van der Waals surface area contributed by atoms with Crippen LogP contribution in [0.5, 0.6) is 0 Å². The molecule has 2 aromatic rings. The average molecular weight is 551 g/mol. The van der Waals surface area contributed by atoms with Gasteiger partial charge in [0.05, 0.1) is 6.42 Å². The summed E-state index contributed by atoms with van der Waals surface area (Å²) in [6, 6.07) is 14.9. The van der Waals surface area contributed by atoms with E-state index < -0.39 is 29.7 Å². The first kappa shape index (κ1) is 29.1. The number of carbonyl (C=O) groups is 4. The molecule has 1 aliphatic heterocycles. The molecule has 4 rings (SSSR count). The van der Waals surface area contributed by atoms with Crippen molar-refractivity contribution in [2.75, 3.05) is 19.7 Å². The number of nitrogens with zero attached hydrogens (tertiary/aromatic N) is 1. The average Bonchev–Trinajstić information content (AvgIpc) is 3.23. The Balaban J connectivity index is 1.24. The van der Waals surface area contributed by atoms with Crippen molar-refractivity contribution in [3.63, 3.8) is 0 Å². The van der Waals surface area contributed by atoms with E-state index in [2.05, 4.69) is 17.4 Å². The Kier molecular flexibility index (Phi) is 9.12. The van der Waals surface area contributed by atoms with Crippen LogP contribution >= 0.6 is 0 Å². The van der Waals surface area contributed by atoms with Crippen LogP contribution in [0.2, 0.25) is 0 Å². The molecule has 0 radical (unpaired) electrons. The number of aliphatic carboxylic acids is 1. The maximum Gasteiger partial charge on any atom is 0.407 e. The minimum Gasteiger partial charge on any atom is -0.480 e. The van der Waals surface area contributed by atoms with E-state index in [0.717, 1.165) is 22.3 Å². The van der Waals surface area contributed by atoms with Crippen LogP contribution in [-0.4, -0.2) is 65.3 Å². The highest BCUT2D eigenvalue weighted by molar-refractivity contribution is 5.82. The quantitative estimate of drug-likeness (QED) is 0.433. The molecule has 1 heterocycles. The van der Waals surface area contributed by atoms with Crippen LogP contribution in [-0.2, 0) is 23.9 Å². The number of carboxylic acid groups (broad SMARTS) is 1. The molecule has 1 fully saturated rings. The number of fused-ring (bicyclic) bond motifs is 3. The molecule has 2 aliphatic rings. The molecular formula is C31H38N2O7. The van der Waals surface area contributed by atoms with Gasteiger partial charge in [-0.1, -0.05) is 48.5 Å². The Morgan fingerprint density at radius 1 is 0.950 bits per heavy atom. The molecule has 0 spiro atoms. The summed E-state index contributed by atoms with van der Waals surface area (Å²) in [5.41, 5.74) is 3.81. The van der Waals surface area contributed by atoms with Gasteiger partial charge in [-0.15, -0.1) is 0 Å². The Hall–Kier alpha value is -3.88. The molecule has 9 nitrogen and oxygen atoms in total. The lowest BCUT2D eigenvalue weighted by molar-refractivity contribution is -0.156. The van der Waals surface area contributed by atoms with Gasteiger partial charge >= 0.3 is 18.0 Å². The second-order valence-corrected chi connectivity index (χ2v) is 11.5. The predicted molar refractivity (Wildman–Crippen MR) is 149 cm³/mol. The lowest BCUT2D eigenvalue weighted by Crippen LogP contribution is -2.45. The smallest absolute Gasteiger partial charge is 0.407 e. The van der Waals surface area contributed by atoms with E-state index in [0.29, 0.717) is 25.9 Å². The predicted octanol–water partition coefficient (Wildman–Crippen LogP) is 4.73. The van der Waals surface area contributed by atoms with E-state index >= 15 is 0 Å². The number of amides is 2. The number of piperidine rings is 1. The van der Waals surface area contributed by atoms with Crippen LogP contribution in [0.3, 0.4) is 0 Å². The Morgan fingerprint density at radius 2 is 1.52 bits per heavy atom. The van der Waals surface area contributed by atoms with Gasteiger partial charge in [-0.3, -0.25) is 9.59 Å². The fourth-order valence-electron chi connectivity index (χ4n) is 5.51. The number of hydrogen-bond acceptors (Lipinski definition) is 6. The molecule has 40 heavy (non-hydrogen) atoms. The Bertz CT molecular complexity index is 1200. The Labute approximate surface area is 234 Å². The summed E-state index contributed by atoms with van der Waals surface area (Å²) in [5, 5.41) is 12.3. The van der Waals surface area contributed by atoms with E-state index in [1.54, 1.807) is 25.7 Å². The number of hydrogen-bond donors (Lipinski definition) is 2. The summed E-state index contributed by atoms with van der Waals surface area (Å²) >= 11 is 0. The fraction of sp³-hybridized carbons (Fsp3) is 0.484. The third kappa shape index (κ3) is 7.40. The topological polar surface area (TPSA) is 122 Å². The number of carboxylic acids is 1. The normalized spacial score (nSPS) is 16.0. The van der Waals surface area contributed by atoms with Crippen LogP contribution in [0.15, 0.2) is 48.5 Å². The van der Waals surface area contributed by atoms with E-state index in [9.17, 15) is 24.3 Å². The molecule has 0 aromatic heterocycles. The maximum atomic E-state index is 12.6. The van der Waals surface area contributed by atoms with Gasteiger partial charge in [-0.05, 0) is 68.2 Å². The fourth-order valence-corrected chi connectivity index (χ4v) is 5.51. The molecule has 1 saturated heterocycles. The first-order valence-electron chi connectivity index (χ1n) is 13.9. The number of alkyl carbamates (subject to hydrolysis) is 1. The molecule has 1 aliphatic carbocycles. The van der Waals surface area contributed by atoms with E-state index in [-0.39, 0.29) is 43.6 Å². The lowest BCUT2D eigenvalue weighted by Gasteiger charge is -2.33. The lowest BCUT2D eigenvalue weighted by atomic mass is 9.90. The maximum absolute atomic E-state index is 12.6. The van der Waals surface area contributed by atoms with Crippen LogP contribution in [0.25, 0.3) is 11.1 Å². The molecule has 0 saturated carbocycles. The van der Waals surface area contributed by atoms with Gasteiger partial charge in [0.2, 0.25) is 5.91 Å². The van der Waals surface area contributed by atoms with Gasteiger partial charge < -0.3 is 24.8 Å². The highest BCUT2D eigenvalue weighted by Crippen LogP contribution is 2.44. The number of benzene rings is 2. The van der Waals surface area contributed by atoms with Gasteiger partial charge in [0, 0.05) is 25.4 Å². The summed E-state index contributed by atoms with van der Waals surface area (Å²) in [4.78, 5) is 50.7. The van der Waals surface area contributed by atoms with Crippen LogP contribution in [0.4, 0.5) is 4.79 Å². The van der Waals surface area contributed by atoms with E-state index in [4.69, 9.17) is 9.47 Å². The molecule has 0 bridgehead atoms. The molecule has 2 amide bonds. The second-order valence-electron chi connectivity index (χ2n) is 11.5. The number of nitrogens with one attached hydrogen (secondary N) is 1. The van der Waals surface area contributed by atoms with Gasteiger partial charge in [-0.25, -0.2) is 9.59 Å². The third-order valence-electron chi connectivity index (χ3n) is 7.43. The van der Waals surface area contributed by atoms with Crippen molar-refractivity contribution in [3.8, 4) is 11.1 Å². The highest BCUT2D eigenvalue weighted by atomic mass is 16.6. The van der Waals surface area contributed by atoms with Crippen LogP contribution in [0.1, 0.15) is 69.9 Å². The molecule has 1 atom stereocenters. The highest BCUT2D eigenvalue weighted by Gasteiger charge is 2.32. The summed E-state index contributed by atoms with van der Waals surface area (Å²) in [5.74, 6) is -1.72. The molecular weight excluding hydrogens is 512 g/mol. The van der Waals surface area contributed by atoms with Gasteiger partial charge in [0.15, 0.2) is 0 Å². The number of carbonyl (C=O) groups excluding carboxylic acids is 3. The van der Waals surface area contributed by atoms with Crippen molar-refractivity contribution in [2.45, 2.75) is 70.4 Å².